The fourth-order valence-corrected chi connectivity index (χ4v) is 15.3. The Morgan fingerprint density at radius 2 is 0.444 bits per heavy atom. The van der Waals surface area contributed by atoms with Crippen molar-refractivity contribution in [1.29, 1.82) is 10.5 Å². The highest BCUT2D eigenvalue weighted by Gasteiger charge is 2.21. The third-order valence-electron chi connectivity index (χ3n) is 19.9. The van der Waals surface area contributed by atoms with Gasteiger partial charge in [0.05, 0.1) is 90.3 Å². The van der Waals surface area contributed by atoms with E-state index in [2.05, 4.69) is 320 Å². The molecule has 0 amide bonds. The summed E-state index contributed by atoms with van der Waals surface area (Å²) in [6.07, 6.45) is 1.97. The third kappa shape index (κ3) is 9.24. The maximum absolute atomic E-state index is 9.59. The van der Waals surface area contributed by atoms with Crippen LogP contribution >= 0.6 is 0 Å². The molecule has 20 rings (SSSR count). The van der Waals surface area contributed by atoms with Gasteiger partial charge in [0, 0.05) is 87.9 Å². The summed E-state index contributed by atoms with van der Waals surface area (Å²) >= 11 is 0. The first-order valence-corrected chi connectivity index (χ1v) is 33.3. The minimum Gasteiger partial charge on any atom is -0.309 e. The Morgan fingerprint density at radius 1 is 0.202 bits per heavy atom. The summed E-state index contributed by atoms with van der Waals surface area (Å²) in [6, 6.07) is 123. The van der Waals surface area contributed by atoms with Gasteiger partial charge >= 0.3 is 0 Å². The van der Waals surface area contributed by atoms with Crippen molar-refractivity contribution in [1.82, 2.24) is 27.8 Å². The fourth-order valence-electron chi connectivity index (χ4n) is 15.3. The fraction of sp³-hybridized carbons (Fsp3) is 0. The van der Waals surface area contributed by atoms with Crippen molar-refractivity contribution in [2.24, 2.45) is 0 Å². The number of pyridine rings is 1. The molecule has 8 heteroatoms. The molecule has 0 radical (unpaired) electrons. The van der Waals surface area contributed by atoms with Gasteiger partial charge in [0.2, 0.25) is 0 Å². The molecule has 8 nitrogen and oxygen atoms in total. The minimum absolute atomic E-state index is 0.645. The van der Waals surface area contributed by atoms with E-state index in [4.69, 9.17) is 4.98 Å². The first-order valence-electron chi connectivity index (χ1n) is 33.3. The highest BCUT2D eigenvalue weighted by Crippen LogP contribution is 2.43. The van der Waals surface area contributed by atoms with Gasteiger partial charge in [-0.05, 0) is 198 Å². The Balaban J connectivity index is 0.000000149. The lowest BCUT2D eigenvalue weighted by molar-refractivity contribution is 1.16. The molecule has 14 aromatic carbocycles. The molecule has 0 aliphatic rings. The summed E-state index contributed by atoms with van der Waals surface area (Å²) in [6.45, 7) is 0. The second-order valence-electron chi connectivity index (χ2n) is 25.3. The number of aromatic nitrogens is 6. The predicted molar refractivity (Wildman–Crippen MR) is 408 cm³/mol. The Kier molecular flexibility index (Phi) is 13.2. The molecule has 0 atom stereocenters. The van der Waals surface area contributed by atoms with Gasteiger partial charge in [-0.3, -0.25) is 4.98 Å². The van der Waals surface area contributed by atoms with Crippen LogP contribution in [0.25, 0.3) is 171 Å². The Morgan fingerprint density at radius 3 is 0.768 bits per heavy atom. The number of para-hydroxylation sites is 7. The van der Waals surface area contributed by atoms with Crippen LogP contribution in [-0.2, 0) is 0 Å². The zero-order valence-electron chi connectivity index (χ0n) is 53.4. The lowest BCUT2D eigenvalue weighted by Crippen LogP contribution is -1.94. The number of nitrogens with zero attached hydrogens (tertiary/aromatic N) is 8. The van der Waals surface area contributed by atoms with Gasteiger partial charge in [-0.1, -0.05) is 158 Å². The molecular formula is C91H56N8. The molecule has 20 aromatic rings. The van der Waals surface area contributed by atoms with E-state index in [0.717, 1.165) is 78.3 Å². The van der Waals surface area contributed by atoms with Gasteiger partial charge in [-0.25, -0.2) is 0 Å². The maximum Gasteiger partial charge on any atom is 0.0991 e. The van der Waals surface area contributed by atoms with E-state index in [9.17, 15) is 10.5 Å². The Labute approximate surface area is 569 Å². The van der Waals surface area contributed by atoms with Crippen LogP contribution in [0.3, 0.4) is 0 Å². The lowest BCUT2D eigenvalue weighted by Gasteiger charge is -2.10. The predicted octanol–water partition coefficient (Wildman–Crippen LogP) is 23.0. The first kappa shape index (κ1) is 56.7. The van der Waals surface area contributed by atoms with Crippen LogP contribution in [-0.4, -0.2) is 27.8 Å². The molecule has 0 unspecified atom stereocenters. The number of hydrogen-bond donors (Lipinski definition) is 0. The first-order chi connectivity index (χ1) is 49.0. The van der Waals surface area contributed by atoms with E-state index >= 15 is 0 Å². The summed E-state index contributed by atoms with van der Waals surface area (Å²) in [5, 5.41) is 30.9. The molecule has 0 saturated heterocycles. The second kappa shape index (κ2) is 23.0. The van der Waals surface area contributed by atoms with E-state index < -0.39 is 0 Å². The maximum atomic E-state index is 9.59. The second-order valence-corrected chi connectivity index (χ2v) is 25.3. The summed E-state index contributed by atoms with van der Waals surface area (Å²) < 4.78 is 11.6. The normalized spacial score (nSPS) is 11.6. The molecular weight excluding hydrogens is 1210 g/mol. The molecule has 0 fully saturated rings. The number of rotatable bonds is 8. The van der Waals surface area contributed by atoms with Crippen LogP contribution in [0.2, 0.25) is 0 Å². The molecule has 99 heavy (non-hydrogen) atoms. The summed E-state index contributed by atoms with van der Waals surface area (Å²) in [5.74, 6) is 0. The SMILES string of the molecule is N#Cc1ccc(-n2c3ccc(-c4ccc5c(c4)c4ccccc4n5-c4ccccc4)cc3c3cc(-c4ccc5c(c4)c4ccccc4n5-c4ccccc4)ccc32)cc1.N#Cc1ccc(-n2c3ccccc3c3cc(-c4ccc5c(c4)c4ccccc4n5-c4ccccc4)ncc32)cc1. The standard InChI is InChI=1S/C55H34N4.C36H22N4/c56-35-36-19-25-43(26-20-36)59-54-29-23-39(37-21-27-52-46(31-37)44-15-7-9-17-50(44)57(52)41-11-3-1-4-12-41)33-48(54)49-34-40(24-30-55(49)59)38-22-28-53-47(32-38)45-16-8-10-18-51(45)58(53)42-13-5-2-6-14-42;37-22-24-14-17-27(18-15-24)40-34-13-7-5-11-29(34)31-21-32(38-23-36(31)40)25-16-19-35-30(20-25)28-10-4-6-12-33(28)39(35)26-8-2-1-3-9-26/h1-34H;1-21,23H. The van der Waals surface area contributed by atoms with E-state index in [1.807, 2.05) is 54.7 Å². The summed E-state index contributed by atoms with van der Waals surface area (Å²) in [4.78, 5) is 4.96. The van der Waals surface area contributed by atoms with Crippen LogP contribution in [0.4, 0.5) is 0 Å². The number of benzene rings is 14. The number of nitriles is 2. The Bertz CT molecular complexity index is 6500. The topological polar surface area (TPSA) is 85.1 Å². The van der Waals surface area contributed by atoms with Crippen molar-refractivity contribution in [3.05, 3.63) is 351 Å². The van der Waals surface area contributed by atoms with Crippen molar-refractivity contribution < 1.29 is 0 Å². The molecule has 0 bridgehead atoms. The highest BCUT2D eigenvalue weighted by atomic mass is 15.0. The van der Waals surface area contributed by atoms with Gasteiger partial charge in [0.15, 0.2) is 0 Å². The largest absolute Gasteiger partial charge is 0.309 e. The summed E-state index contributed by atoms with van der Waals surface area (Å²) in [7, 11) is 0. The van der Waals surface area contributed by atoms with Crippen molar-refractivity contribution in [2.45, 2.75) is 0 Å². The van der Waals surface area contributed by atoms with Crippen molar-refractivity contribution in [3.8, 4) is 74.1 Å². The van der Waals surface area contributed by atoms with Crippen molar-refractivity contribution in [3.63, 3.8) is 0 Å². The number of fused-ring (bicyclic) bond motifs is 15. The van der Waals surface area contributed by atoms with Gasteiger partial charge in [-0.2, -0.15) is 10.5 Å². The third-order valence-corrected chi connectivity index (χ3v) is 19.9. The molecule has 0 aliphatic heterocycles. The molecule has 6 aromatic heterocycles. The van der Waals surface area contributed by atoms with E-state index in [0.29, 0.717) is 11.1 Å². The van der Waals surface area contributed by atoms with Crippen molar-refractivity contribution in [2.75, 3.05) is 0 Å². The van der Waals surface area contributed by atoms with E-state index in [-0.39, 0.29) is 0 Å². The molecule has 0 spiro atoms. The van der Waals surface area contributed by atoms with Gasteiger partial charge in [-0.15, -0.1) is 0 Å². The minimum atomic E-state index is 0.645. The zero-order valence-corrected chi connectivity index (χ0v) is 53.4. The van der Waals surface area contributed by atoms with Gasteiger partial charge in [0.1, 0.15) is 0 Å². The summed E-state index contributed by atoms with van der Waals surface area (Å²) in [5.41, 5.74) is 25.0. The van der Waals surface area contributed by atoms with E-state index in [1.54, 1.807) is 0 Å². The van der Waals surface area contributed by atoms with Crippen molar-refractivity contribution >= 4 is 109 Å². The molecule has 0 saturated carbocycles. The van der Waals surface area contributed by atoms with E-state index in [1.165, 1.54) is 92.7 Å². The molecule has 0 aliphatic carbocycles. The monoisotopic (exact) mass is 1260 g/mol. The average Bonchev–Trinajstić information content (AvgIpc) is 1.61. The van der Waals surface area contributed by atoms with Gasteiger partial charge < -0.3 is 22.8 Å². The van der Waals surface area contributed by atoms with Gasteiger partial charge in [0.25, 0.3) is 0 Å². The van der Waals surface area contributed by atoms with Crippen LogP contribution < -0.4 is 0 Å². The van der Waals surface area contributed by atoms with Crippen LogP contribution in [0.15, 0.2) is 340 Å². The van der Waals surface area contributed by atoms with Crippen LogP contribution in [0.5, 0.6) is 0 Å². The van der Waals surface area contributed by atoms with Crippen LogP contribution in [0.1, 0.15) is 11.1 Å². The quantitative estimate of drug-likeness (QED) is 0.152. The molecule has 460 valence electrons. The average molecular weight is 1260 g/mol. The molecule has 0 N–H and O–H groups in total. The molecule has 6 heterocycles. The smallest absolute Gasteiger partial charge is 0.0991 e. The van der Waals surface area contributed by atoms with Crippen LogP contribution in [0, 0.1) is 22.7 Å². The Hall–Kier alpha value is -13.8. The zero-order chi connectivity index (χ0) is 65.7. The highest BCUT2D eigenvalue weighted by molar-refractivity contribution is 6.16. The lowest BCUT2D eigenvalue weighted by atomic mass is 9.98. The number of hydrogen-bond acceptors (Lipinski definition) is 3.